The van der Waals surface area contributed by atoms with Gasteiger partial charge in [-0.1, -0.05) is 19.1 Å². The second-order valence-electron chi connectivity index (χ2n) is 7.01. The van der Waals surface area contributed by atoms with Gasteiger partial charge in [0, 0.05) is 31.7 Å². The molecule has 0 radical (unpaired) electrons. The molecule has 1 amide bonds. The van der Waals surface area contributed by atoms with E-state index in [0.29, 0.717) is 18.6 Å². The molecule has 1 aromatic rings. The standard InChI is InChI=1S/C18H26FN3O/c1-4-21-10-15-9-16(11-21)22(15)18(23)17(12-20(2)3)13-5-7-14(19)8-6-13/h5-8,15-17H,4,9-12H2,1-3H3. The largest absolute Gasteiger partial charge is 0.333 e. The molecule has 3 saturated heterocycles. The zero-order valence-electron chi connectivity index (χ0n) is 14.2. The predicted octanol–water partition coefficient (Wildman–Crippen LogP) is 1.78. The first-order chi connectivity index (χ1) is 11.0. The van der Waals surface area contributed by atoms with Gasteiger partial charge in [0.1, 0.15) is 5.82 Å². The van der Waals surface area contributed by atoms with Gasteiger partial charge in [-0.3, -0.25) is 9.69 Å². The molecule has 23 heavy (non-hydrogen) atoms. The Bertz CT molecular complexity index is 548. The minimum Gasteiger partial charge on any atom is -0.333 e. The zero-order chi connectivity index (χ0) is 16.6. The fourth-order valence-corrected chi connectivity index (χ4v) is 3.88. The van der Waals surface area contributed by atoms with Gasteiger partial charge < -0.3 is 9.80 Å². The maximum Gasteiger partial charge on any atom is 0.232 e. The second kappa shape index (κ2) is 6.57. The van der Waals surface area contributed by atoms with Crippen LogP contribution in [-0.4, -0.2) is 73.0 Å². The number of hydrogen-bond acceptors (Lipinski definition) is 3. The van der Waals surface area contributed by atoms with Crippen molar-refractivity contribution >= 4 is 5.91 Å². The fourth-order valence-electron chi connectivity index (χ4n) is 3.88. The Morgan fingerprint density at radius 3 is 2.39 bits per heavy atom. The number of nitrogens with zero attached hydrogens (tertiary/aromatic N) is 3. The van der Waals surface area contributed by atoms with Gasteiger partial charge in [0.15, 0.2) is 0 Å². The van der Waals surface area contributed by atoms with E-state index in [4.69, 9.17) is 0 Å². The normalized spacial score (nSPS) is 25.3. The van der Waals surface area contributed by atoms with Gasteiger partial charge in [0.05, 0.1) is 5.92 Å². The van der Waals surface area contributed by atoms with Crippen LogP contribution in [-0.2, 0) is 4.79 Å². The van der Waals surface area contributed by atoms with Crippen molar-refractivity contribution in [1.82, 2.24) is 14.7 Å². The van der Waals surface area contributed by atoms with Crippen LogP contribution < -0.4 is 0 Å². The molecule has 3 heterocycles. The Balaban J connectivity index is 1.78. The fraction of sp³-hybridized carbons (Fsp3) is 0.611. The van der Waals surface area contributed by atoms with Crippen LogP contribution in [0.1, 0.15) is 24.8 Å². The summed E-state index contributed by atoms with van der Waals surface area (Å²) >= 11 is 0. The van der Waals surface area contributed by atoms with Crippen molar-refractivity contribution in [2.75, 3.05) is 40.3 Å². The lowest BCUT2D eigenvalue weighted by Crippen LogP contribution is -2.70. The Morgan fingerprint density at radius 1 is 1.26 bits per heavy atom. The maximum atomic E-state index is 13.2. The van der Waals surface area contributed by atoms with E-state index >= 15 is 0 Å². The highest BCUT2D eigenvalue weighted by atomic mass is 19.1. The number of benzene rings is 1. The number of rotatable bonds is 5. The number of carbonyl (C=O) groups excluding carboxylic acids is 1. The highest BCUT2D eigenvalue weighted by molar-refractivity contribution is 5.85. The lowest BCUT2D eigenvalue weighted by Gasteiger charge is -2.57. The summed E-state index contributed by atoms with van der Waals surface area (Å²) in [5.41, 5.74) is 0.905. The summed E-state index contributed by atoms with van der Waals surface area (Å²) < 4.78 is 13.2. The van der Waals surface area contributed by atoms with Crippen molar-refractivity contribution in [3.63, 3.8) is 0 Å². The molecule has 4 rings (SSSR count). The summed E-state index contributed by atoms with van der Waals surface area (Å²) in [5.74, 6) is -0.282. The van der Waals surface area contributed by atoms with Gasteiger partial charge in [-0.05, 0) is 44.8 Å². The lowest BCUT2D eigenvalue weighted by molar-refractivity contribution is -0.155. The maximum absolute atomic E-state index is 13.2. The number of fused-ring (bicyclic) bond motifs is 2. The van der Waals surface area contributed by atoms with Crippen LogP contribution >= 0.6 is 0 Å². The zero-order valence-corrected chi connectivity index (χ0v) is 14.2. The number of amides is 1. The van der Waals surface area contributed by atoms with E-state index in [1.165, 1.54) is 12.1 Å². The monoisotopic (exact) mass is 319 g/mol. The molecule has 126 valence electrons. The Kier molecular flexibility index (Phi) is 4.69. The van der Waals surface area contributed by atoms with E-state index in [0.717, 1.165) is 31.6 Å². The molecule has 3 aliphatic rings. The van der Waals surface area contributed by atoms with E-state index in [2.05, 4.69) is 16.7 Å². The number of hydrogen-bond donors (Lipinski definition) is 0. The number of likely N-dealkylation sites (N-methyl/N-ethyl adjacent to an activating group) is 2. The molecule has 3 atom stereocenters. The second-order valence-corrected chi connectivity index (χ2v) is 7.01. The van der Waals surface area contributed by atoms with Gasteiger partial charge in [-0.15, -0.1) is 0 Å². The number of carbonyl (C=O) groups is 1. The van der Waals surface area contributed by atoms with E-state index in [-0.39, 0.29) is 17.6 Å². The molecule has 3 fully saturated rings. The molecule has 0 N–H and O–H groups in total. The molecule has 0 saturated carbocycles. The van der Waals surface area contributed by atoms with Gasteiger partial charge in [0.2, 0.25) is 5.91 Å². The van der Waals surface area contributed by atoms with Gasteiger partial charge >= 0.3 is 0 Å². The molecule has 5 heteroatoms. The van der Waals surface area contributed by atoms with E-state index < -0.39 is 0 Å². The topological polar surface area (TPSA) is 26.8 Å². The van der Waals surface area contributed by atoms with Crippen LogP contribution in [0.3, 0.4) is 0 Å². The molecule has 0 spiro atoms. The third-order valence-electron chi connectivity index (χ3n) is 5.09. The highest BCUT2D eigenvalue weighted by Gasteiger charge is 2.48. The number of piperazine rings is 1. The van der Waals surface area contributed by atoms with Crippen LogP contribution in [0.5, 0.6) is 0 Å². The molecule has 3 aliphatic heterocycles. The Labute approximate surface area is 137 Å². The van der Waals surface area contributed by atoms with Gasteiger partial charge in [-0.25, -0.2) is 4.39 Å². The lowest BCUT2D eigenvalue weighted by atomic mass is 9.84. The predicted molar refractivity (Wildman–Crippen MR) is 88.8 cm³/mol. The molecular formula is C18H26FN3O. The van der Waals surface area contributed by atoms with Crippen LogP contribution in [0.25, 0.3) is 0 Å². The van der Waals surface area contributed by atoms with Crippen molar-refractivity contribution in [3.8, 4) is 0 Å². The minimum atomic E-state index is -0.260. The first-order valence-corrected chi connectivity index (χ1v) is 8.44. The van der Waals surface area contributed by atoms with Crippen LogP contribution in [0.2, 0.25) is 0 Å². The molecule has 4 nitrogen and oxygen atoms in total. The van der Waals surface area contributed by atoms with Crippen LogP contribution in [0.4, 0.5) is 4.39 Å². The highest BCUT2D eigenvalue weighted by Crippen LogP contribution is 2.35. The SMILES string of the molecule is CCN1CC2CC(C1)N2C(=O)C(CN(C)C)c1ccc(F)cc1. The molecule has 2 bridgehead atoms. The molecule has 0 aliphatic carbocycles. The van der Waals surface area contributed by atoms with E-state index in [1.54, 1.807) is 12.1 Å². The molecule has 3 unspecified atom stereocenters. The first kappa shape index (κ1) is 16.4. The quantitative estimate of drug-likeness (QED) is 0.828. The van der Waals surface area contributed by atoms with Crippen LogP contribution in [0, 0.1) is 5.82 Å². The summed E-state index contributed by atoms with van der Waals surface area (Å²) in [4.78, 5) is 19.7. The van der Waals surface area contributed by atoms with Crippen molar-refractivity contribution < 1.29 is 9.18 Å². The van der Waals surface area contributed by atoms with E-state index in [1.807, 2.05) is 19.0 Å². The average Bonchev–Trinajstić information content (AvgIpc) is 2.53. The summed E-state index contributed by atoms with van der Waals surface area (Å²) in [6.07, 6.45) is 1.13. The summed E-state index contributed by atoms with van der Waals surface area (Å²) in [6, 6.07) is 7.09. The third kappa shape index (κ3) is 3.26. The number of halogens is 1. The van der Waals surface area contributed by atoms with Crippen molar-refractivity contribution in [3.05, 3.63) is 35.6 Å². The van der Waals surface area contributed by atoms with Crippen molar-refractivity contribution in [2.24, 2.45) is 0 Å². The smallest absolute Gasteiger partial charge is 0.232 e. The third-order valence-corrected chi connectivity index (χ3v) is 5.09. The number of piperidine rings is 1. The average molecular weight is 319 g/mol. The molecule has 1 aromatic carbocycles. The summed E-state index contributed by atoms with van der Waals surface area (Å²) in [5, 5.41) is 0. The molecular weight excluding hydrogens is 293 g/mol. The van der Waals surface area contributed by atoms with Gasteiger partial charge in [-0.2, -0.15) is 0 Å². The van der Waals surface area contributed by atoms with Crippen molar-refractivity contribution in [1.29, 1.82) is 0 Å². The Hall–Kier alpha value is -1.46. The summed E-state index contributed by atoms with van der Waals surface area (Å²) in [6.45, 7) is 5.84. The van der Waals surface area contributed by atoms with E-state index in [9.17, 15) is 9.18 Å². The first-order valence-electron chi connectivity index (χ1n) is 8.44. The molecule has 0 aromatic heterocycles. The van der Waals surface area contributed by atoms with Crippen molar-refractivity contribution in [2.45, 2.75) is 31.3 Å². The summed E-state index contributed by atoms with van der Waals surface area (Å²) in [7, 11) is 3.94. The Morgan fingerprint density at radius 2 is 1.87 bits per heavy atom. The van der Waals surface area contributed by atoms with Gasteiger partial charge in [0.25, 0.3) is 0 Å². The minimum absolute atomic E-state index is 0.197. The van der Waals surface area contributed by atoms with Crippen LogP contribution in [0.15, 0.2) is 24.3 Å².